The second kappa shape index (κ2) is 11.0. The highest BCUT2D eigenvalue weighted by molar-refractivity contribution is 14.0. The fraction of sp³-hybridized carbons (Fsp3) is 0.941. The largest absolute Gasteiger partial charge is 0.357 e. The van der Waals surface area contributed by atoms with Crippen molar-refractivity contribution in [3.63, 3.8) is 0 Å². The molecule has 0 aliphatic carbocycles. The molecule has 3 N–H and O–H groups in total. The van der Waals surface area contributed by atoms with E-state index in [2.05, 4.69) is 39.1 Å². The van der Waals surface area contributed by atoms with E-state index in [0.29, 0.717) is 6.54 Å². The molecule has 1 rings (SSSR count). The van der Waals surface area contributed by atoms with Gasteiger partial charge in [-0.2, -0.15) is 0 Å². The fourth-order valence-corrected chi connectivity index (χ4v) is 4.13. The number of rotatable bonds is 8. The van der Waals surface area contributed by atoms with Gasteiger partial charge in [0, 0.05) is 24.2 Å². The molecule has 1 saturated heterocycles. The zero-order valence-corrected chi connectivity index (χ0v) is 20.3. The van der Waals surface area contributed by atoms with Gasteiger partial charge in [0.05, 0.1) is 12.8 Å². The topological polar surface area (TPSA) is 85.8 Å². The van der Waals surface area contributed by atoms with E-state index in [1.54, 1.807) is 0 Å². The van der Waals surface area contributed by atoms with Crippen LogP contribution in [0, 0.1) is 0 Å². The second-order valence-corrected chi connectivity index (χ2v) is 9.92. The lowest BCUT2D eigenvalue weighted by Gasteiger charge is -2.41. The van der Waals surface area contributed by atoms with Crippen LogP contribution in [-0.4, -0.2) is 69.3 Å². The highest BCUT2D eigenvalue weighted by Gasteiger charge is 2.28. The number of nitrogens with one attached hydrogen (secondary N) is 3. The van der Waals surface area contributed by atoms with Gasteiger partial charge in [-0.3, -0.25) is 9.89 Å². The highest BCUT2D eigenvalue weighted by atomic mass is 127. The normalized spacial score (nSPS) is 17.5. The van der Waals surface area contributed by atoms with Crippen LogP contribution >= 0.6 is 24.0 Å². The van der Waals surface area contributed by atoms with E-state index in [1.807, 2.05) is 20.8 Å². The summed E-state index contributed by atoms with van der Waals surface area (Å²) in [6.45, 7) is 14.4. The predicted octanol–water partition coefficient (Wildman–Crippen LogP) is 1.75. The van der Waals surface area contributed by atoms with Crippen LogP contribution < -0.4 is 15.4 Å². The molecular weight excluding hydrogens is 465 g/mol. The molecule has 0 aromatic rings. The molecular formula is C17H38IN5O2S. The minimum absolute atomic E-state index is 0. The Balaban J connectivity index is 0.00000625. The van der Waals surface area contributed by atoms with Gasteiger partial charge in [-0.25, -0.2) is 13.1 Å². The van der Waals surface area contributed by atoms with Gasteiger partial charge in [0.25, 0.3) is 0 Å². The number of nitrogens with zero attached hydrogens (tertiary/aromatic N) is 2. The molecule has 0 unspecified atom stereocenters. The Hall–Kier alpha value is -0.130. The third-order valence-corrected chi connectivity index (χ3v) is 5.26. The number of piperidine rings is 1. The Morgan fingerprint density at radius 3 is 2.15 bits per heavy atom. The number of guanidine groups is 1. The summed E-state index contributed by atoms with van der Waals surface area (Å²) in [6, 6.07) is 0. The summed E-state index contributed by atoms with van der Waals surface area (Å²) in [5, 5.41) is 6.65. The number of hydrogen-bond donors (Lipinski definition) is 3. The maximum absolute atomic E-state index is 11.5. The highest BCUT2D eigenvalue weighted by Crippen LogP contribution is 2.19. The van der Waals surface area contributed by atoms with Crippen molar-refractivity contribution in [1.29, 1.82) is 0 Å². The molecule has 1 aliphatic heterocycles. The van der Waals surface area contributed by atoms with Crippen molar-refractivity contribution in [3.05, 3.63) is 0 Å². The van der Waals surface area contributed by atoms with E-state index in [9.17, 15) is 8.42 Å². The van der Waals surface area contributed by atoms with E-state index in [4.69, 9.17) is 0 Å². The molecule has 0 aromatic heterocycles. The molecule has 1 fully saturated rings. The summed E-state index contributed by atoms with van der Waals surface area (Å²) in [4.78, 5) is 7.10. The lowest BCUT2D eigenvalue weighted by molar-refractivity contribution is 0.0982. The average Bonchev–Trinajstić information content (AvgIpc) is 2.49. The number of likely N-dealkylation sites (tertiary alicyclic amines) is 1. The van der Waals surface area contributed by atoms with Crippen molar-refractivity contribution in [2.24, 2.45) is 4.99 Å². The van der Waals surface area contributed by atoms with Gasteiger partial charge in [0.1, 0.15) is 0 Å². The van der Waals surface area contributed by atoms with Crippen LogP contribution in [0.25, 0.3) is 0 Å². The van der Waals surface area contributed by atoms with E-state index < -0.39 is 15.6 Å². The first-order chi connectivity index (χ1) is 11.5. The molecule has 0 aromatic carbocycles. The maximum atomic E-state index is 11.5. The summed E-state index contributed by atoms with van der Waals surface area (Å²) in [5.41, 5.74) is -0.574. The van der Waals surface area contributed by atoms with Gasteiger partial charge < -0.3 is 10.6 Å². The van der Waals surface area contributed by atoms with Crippen molar-refractivity contribution >= 4 is 40.0 Å². The zero-order chi connectivity index (χ0) is 19.1. The lowest BCUT2D eigenvalue weighted by Crippen LogP contribution is -2.55. The molecule has 0 spiro atoms. The SMILES string of the molecule is CCNC(=NCC(C)(C)NS(C)(=O)=O)NCC(C)(C)N1CCCCC1.I. The van der Waals surface area contributed by atoms with E-state index >= 15 is 0 Å². The Bertz CT molecular complexity index is 543. The Morgan fingerprint density at radius 2 is 1.65 bits per heavy atom. The molecule has 1 aliphatic rings. The summed E-state index contributed by atoms with van der Waals surface area (Å²) >= 11 is 0. The van der Waals surface area contributed by atoms with Gasteiger partial charge in [0.15, 0.2) is 5.96 Å². The van der Waals surface area contributed by atoms with Crippen molar-refractivity contribution in [2.45, 2.75) is 65.0 Å². The number of halogens is 1. The minimum atomic E-state index is -3.26. The van der Waals surface area contributed by atoms with Gasteiger partial charge in [-0.1, -0.05) is 6.42 Å². The quantitative estimate of drug-likeness (QED) is 0.267. The van der Waals surface area contributed by atoms with Crippen LogP contribution in [0.4, 0.5) is 0 Å². The van der Waals surface area contributed by atoms with E-state index in [1.165, 1.54) is 25.5 Å². The molecule has 9 heteroatoms. The van der Waals surface area contributed by atoms with Crippen LogP contribution in [0.1, 0.15) is 53.9 Å². The molecule has 0 amide bonds. The van der Waals surface area contributed by atoms with E-state index in [0.717, 1.165) is 32.1 Å². The van der Waals surface area contributed by atoms with Crippen molar-refractivity contribution in [1.82, 2.24) is 20.3 Å². The summed E-state index contributed by atoms with van der Waals surface area (Å²) in [7, 11) is -3.26. The van der Waals surface area contributed by atoms with Crippen LogP contribution in [0.5, 0.6) is 0 Å². The van der Waals surface area contributed by atoms with Crippen LogP contribution in [0.15, 0.2) is 4.99 Å². The lowest BCUT2D eigenvalue weighted by atomic mass is 9.98. The van der Waals surface area contributed by atoms with Crippen LogP contribution in [-0.2, 0) is 10.0 Å². The summed E-state index contributed by atoms with van der Waals surface area (Å²) in [5.74, 6) is 0.718. The summed E-state index contributed by atoms with van der Waals surface area (Å²) < 4.78 is 25.5. The Kier molecular flexibility index (Phi) is 11.0. The number of sulfonamides is 1. The monoisotopic (exact) mass is 503 g/mol. The van der Waals surface area contributed by atoms with Gasteiger partial charge >= 0.3 is 0 Å². The molecule has 0 radical (unpaired) electrons. The first-order valence-corrected chi connectivity index (χ1v) is 11.1. The zero-order valence-electron chi connectivity index (χ0n) is 17.2. The first kappa shape index (κ1) is 25.9. The maximum Gasteiger partial charge on any atom is 0.209 e. The average molecular weight is 503 g/mol. The second-order valence-electron chi connectivity index (χ2n) is 8.17. The summed E-state index contributed by atoms with van der Waals surface area (Å²) in [6.07, 6.45) is 5.03. The molecule has 0 saturated carbocycles. The van der Waals surface area contributed by atoms with Crippen LogP contribution in [0.2, 0.25) is 0 Å². The predicted molar refractivity (Wildman–Crippen MR) is 121 cm³/mol. The van der Waals surface area contributed by atoms with Gasteiger partial charge in [0.2, 0.25) is 10.0 Å². The van der Waals surface area contributed by atoms with Gasteiger partial charge in [-0.05, 0) is 60.5 Å². The number of hydrogen-bond acceptors (Lipinski definition) is 4. The third-order valence-electron chi connectivity index (χ3n) is 4.34. The molecule has 156 valence electrons. The van der Waals surface area contributed by atoms with Crippen LogP contribution in [0.3, 0.4) is 0 Å². The molecule has 7 nitrogen and oxygen atoms in total. The molecule has 26 heavy (non-hydrogen) atoms. The van der Waals surface area contributed by atoms with Crippen molar-refractivity contribution < 1.29 is 8.42 Å². The van der Waals surface area contributed by atoms with Crippen molar-refractivity contribution in [3.8, 4) is 0 Å². The first-order valence-electron chi connectivity index (χ1n) is 9.21. The Labute approximate surface area is 177 Å². The standard InChI is InChI=1S/C17H37N5O2S.HI/c1-7-18-15(19-13-16(2,3)21-25(6,23)24)20-14-17(4,5)22-11-9-8-10-12-22;/h21H,7-14H2,1-6H3,(H2,18,19,20);1H. The number of aliphatic imine (C=N–C) groups is 1. The Morgan fingerprint density at radius 1 is 1.08 bits per heavy atom. The van der Waals surface area contributed by atoms with E-state index in [-0.39, 0.29) is 29.5 Å². The fourth-order valence-electron chi connectivity index (χ4n) is 3.06. The van der Waals surface area contributed by atoms with Crippen molar-refractivity contribution in [2.75, 3.05) is 39.0 Å². The molecule has 1 heterocycles. The third kappa shape index (κ3) is 10.3. The van der Waals surface area contributed by atoms with Gasteiger partial charge in [-0.15, -0.1) is 24.0 Å². The molecule has 0 atom stereocenters. The molecule has 0 bridgehead atoms. The minimum Gasteiger partial charge on any atom is -0.357 e. The smallest absolute Gasteiger partial charge is 0.209 e.